The standard InChI is InChI=1S/C20H21Cl2N3O2/c1-3-24-17-6-4-5-7-18(17)25(20(24)27)11-10-19(26)23-13(2)15-9-8-14(21)12-16(15)22/h4-9,12-13H,3,10-11H2,1-2H3,(H,23,26). The third kappa shape index (κ3) is 4.04. The third-order valence-corrected chi connectivity index (χ3v) is 5.17. The van der Waals surface area contributed by atoms with E-state index in [1.165, 1.54) is 0 Å². The summed E-state index contributed by atoms with van der Waals surface area (Å²) < 4.78 is 3.36. The van der Waals surface area contributed by atoms with Crippen LogP contribution in [0.2, 0.25) is 10.0 Å². The largest absolute Gasteiger partial charge is 0.349 e. The van der Waals surface area contributed by atoms with Gasteiger partial charge in [-0.1, -0.05) is 41.4 Å². The van der Waals surface area contributed by atoms with E-state index in [0.717, 1.165) is 16.6 Å². The fourth-order valence-electron chi connectivity index (χ4n) is 3.25. The molecule has 1 aromatic heterocycles. The predicted octanol–water partition coefficient (Wildman–Crippen LogP) is 4.40. The van der Waals surface area contributed by atoms with Crippen molar-refractivity contribution in [2.75, 3.05) is 0 Å². The highest BCUT2D eigenvalue weighted by Crippen LogP contribution is 2.26. The van der Waals surface area contributed by atoms with Crippen LogP contribution in [0.5, 0.6) is 0 Å². The van der Waals surface area contributed by atoms with Gasteiger partial charge in [0.25, 0.3) is 0 Å². The molecule has 0 saturated carbocycles. The SMILES string of the molecule is CCn1c(=O)n(CCC(=O)NC(C)c2ccc(Cl)cc2Cl)c2ccccc21. The van der Waals surface area contributed by atoms with Crippen LogP contribution >= 0.6 is 23.2 Å². The first-order chi connectivity index (χ1) is 12.9. The third-order valence-electron chi connectivity index (χ3n) is 4.61. The van der Waals surface area contributed by atoms with Crippen LogP contribution < -0.4 is 11.0 Å². The highest BCUT2D eigenvalue weighted by atomic mass is 35.5. The van der Waals surface area contributed by atoms with Gasteiger partial charge < -0.3 is 5.32 Å². The summed E-state index contributed by atoms with van der Waals surface area (Å²) in [5.41, 5.74) is 2.42. The molecule has 27 heavy (non-hydrogen) atoms. The number of para-hydroxylation sites is 2. The molecule has 1 unspecified atom stereocenters. The smallest absolute Gasteiger partial charge is 0.329 e. The summed E-state index contributed by atoms with van der Waals surface area (Å²) in [6.45, 7) is 4.70. The normalized spacial score (nSPS) is 12.3. The molecule has 0 saturated heterocycles. The number of benzene rings is 2. The number of fused-ring (bicyclic) bond motifs is 1. The highest BCUT2D eigenvalue weighted by molar-refractivity contribution is 6.35. The average molecular weight is 406 g/mol. The number of carbonyl (C=O) groups excluding carboxylic acids is 1. The van der Waals surface area contributed by atoms with Gasteiger partial charge in [0.1, 0.15) is 0 Å². The summed E-state index contributed by atoms with van der Waals surface area (Å²) in [6, 6.07) is 12.6. The number of aryl methyl sites for hydroxylation is 2. The molecule has 1 N–H and O–H groups in total. The summed E-state index contributed by atoms with van der Waals surface area (Å²) in [7, 11) is 0. The minimum absolute atomic E-state index is 0.0969. The number of carbonyl (C=O) groups is 1. The van der Waals surface area contributed by atoms with Crippen molar-refractivity contribution in [2.24, 2.45) is 0 Å². The van der Waals surface area contributed by atoms with Gasteiger partial charge in [0.05, 0.1) is 17.1 Å². The van der Waals surface area contributed by atoms with Crippen LogP contribution in [0.15, 0.2) is 47.3 Å². The zero-order valence-electron chi connectivity index (χ0n) is 15.2. The Morgan fingerprint density at radius 1 is 1.11 bits per heavy atom. The summed E-state index contributed by atoms with van der Waals surface area (Å²) in [4.78, 5) is 25.0. The number of rotatable bonds is 6. The predicted molar refractivity (Wildman–Crippen MR) is 110 cm³/mol. The maximum Gasteiger partial charge on any atom is 0.329 e. The molecular formula is C20H21Cl2N3O2. The van der Waals surface area contributed by atoms with Crippen molar-refractivity contribution in [3.05, 3.63) is 68.6 Å². The van der Waals surface area contributed by atoms with Gasteiger partial charge in [-0.2, -0.15) is 0 Å². The number of halogens is 2. The summed E-state index contributed by atoms with van der Waals surface area (Å²) in [5, 5.41) is 3.99. The van der Waals surface area contributed by atoms with E-state index in [1.807, 2.05) is 38.1 Å². The van der Waals surface area contributed by atoms with E-state index in [9.17, 15) is 9.59 Å². The first-order valence-electron chi connectivity index (χ1n) is 8.84. The van der Waals surface area contributed by atoms with E-state index in [1.54, 1.807) is 27.3 Å². The van der Waals surface area contributed by atoms with E-state index < -0.39 is 0 Å². The van der Waals surface area contributed by atoms with Gasteiger partial charge in [-0.3, -0.25) is 13.9 Å². The van der Waals surface area contributed by atoms with E-state index >= 15 is 0 Å². The number of nitrogens with one attached hydrogen (secondary N) is 1. The van der Waals surface area contributed by atoms with Crippen molar-refractivity contribution in [3.63, 3.8) is 0 Å². The molecule has 7 heteroatoms. The van der Waals surface area contributed by atoms with Crippen molar-refractivity contribution >= 4 is 40.1 Å². The molecule has 3 aromatic rings. The molecule has 3 rings (SSSR count). The minimum Gasteiger partial charge on any atom is -0.349 e. The first kappa shape index (κ1) is 19.5. The molecule has 0 spiro atoms. The molecule has 0 fully saturated rings. The van der Waals surface area contributed by atoms with Crippen molar-refractivity contribution < 1.29 is 4.79 Å². The summed E-state index contributed by atoms with van der Waals surface area (Å²) in [6.07, 6.45) is 0.202. The van der Waals surface area contributed by atoms with Gasteiger partial charge in [0, 0.05) is 29.6 Å². The van der Waals surface area contributed by atoms with E-state index in [4.69, 9.17) is 23.2 Å². The van der Waals surface area contributed by atoms with Crippen LogP contribution in [0.1, 0.15) is 31.9 Å². The number of amides is 1. The molecule has 1 amide bonds. The molecule has 1 atom stereocenters. The molecule has 0 aliphatic carbocycles. The monoisotopic (exact) mass is 405 g/mol. The number of imidazole rings is 1. The molecule has 0 bridgehead atoms. The number of aromatic nitrogens is 2. The zero-order chi connectivity index (χ0) is 19.6. The highest BCUT2D eigenvalue weighted by Gasteiger charge is 2.15. The lowest BCUT2D eigenvalue weighted by Gasteiger charge is -2.16. The lowest BCUT2D eigenvalue weighted by Crippen LogP contribution is -2.30. The molecule has 2 aromatic carbocycles. The van der Waals surface area contributed by atoms with Crippen LogP contribution in [0.25, 0.3) is 11.0 Å². The minimum atomic E-state index is -0.254. The second-order valence-corrected chi connectivity index (χ2v) is 7.22. The van der Waals surface area contributed by atoms with Crippen molar-refractivity contribution in [1.82, 2.24) is 14.5 Å². The molecule has 5 nitrogen and oxygen atoms in total. The topological polar surface area (TPSA) is 56.0 Å². The Bertz CT molecular complexity index is 1040. The van der Waals surface area contributed by atoms with Crippen molar-refractivity contribution in [3.8, 4) is 0 Å². The quantitative estimate of drug-likeness (QED) is 0.660. The molecule has 0 radical (unpaired) electrons. The second kappa shape index (κ2) is 8.19. The average Bonchev–Trinajstić information content (AvgIpc) is 2.90. The number of hydrogen-bond donors (Lipinski definition) is 1. The summed E-state index contributed by atoms with van der Waals surface area (Å²) >= 11 is 12.1. The van der Waals surface area contributed by atoms with E-state index in [2.05, 4.69) is 5.32 Å². The summed E-state index contributed by atoms with van der Waals surface area (Å²) in [5.74, 6) is -0.145. The Hall–Kier alpha value is -2.24. The lowest BCUT2D eigenvalue weighted by molar-refractivity contribution is -0.121. The fourth-order valence-corrected chi connectivity index (χ4v) is 3.82. The van der Waals surface area contributed by atoms with E-state index in [-0.39, 0.29) is 24.1 Å². The van der Waals surface area contributed by atoms with Crippen LogP contribution in [-0.2, 0) is 17.9 Å². The van der Waals surface area contributed by atoms with Gasteiger partial charge in [0.2, 0.25) is 5.91 Å². The van der Waals surface area contributed by atoms with Gasteiger partial charge in [-0.05, 0) is 43.7 Å². The Morgan fingerprint density at radius 2 is 1.78 bits per heavy atom. The lowest BCUT2D eigenvalue weighted by atomic mass is 10.1. The van der Waals surface area contributed by atoms with Gasteiger partial charge in [0.15, 0.2) is 0 Å². The Labute approximate surface area is 167 Å². The molecule has 1 heterocycles. The fraction of sp³-hybridized carbons (Fsp3) is 0.300. The Kier molecular flexibility index (Phi) is 5.92. The number of hydrogen-bond acceptors (Lipinski definition) is 2. The Balaban J connectivity index is 1.72. The number of nitrogens with zero attached hydrogens (tertiary/aromatic N) is 2. The van der Waals surface area contributed by atoms with Crippen LogP contribution in [0.3, 0.4) is 0 Å². The molecular weight excluding hydrogens is 385 g/mol. The molecule has 142 valence electrons. The van der Waals surface area contributed by atoms with Crippen LogP contribution in [-0.4, -0.2) is 15.0 Å². The van der Waals surface area contributed by atoms with Crippen molar-refractivity contribution in [1.29, 1.82) is 0 Å². The molecule has 0 aliphatic heterocycles. The maximum absolute atomic E-state index is 12.6. The van der Waals surface area contributed by atoms with Gasteiger partial charge in [-0.25, -0.2) is 4.79 Å². The van der Waals surface area contributed by atoms with Crippen LogP contribution in [0, 0.1) is 0 Å². The molecule has 0 aliphatic rings. The van der Waals surface area contributed by atoms with Crippen LogP contribution in [0.4, 0.5) is 0 Å². The zero-order valence-corrected chi connectivity index (χ0v) is 16.7. The van der Waals surface area contributed by atoms with Crippen molar-refractivity contribution in [2.45, 2.75) is 39.4 Å². The second-order valence-electron chi connectivity index (χ2n) is 6.37. The van der Waals surface area contributed by atoms with Gasteiger partial charge in [-0.15, -0.1) is 0 Å². The van der Waals surface area contributed by atoms with E-state index in [0.29, 0.717) is 23.1 Å². The van der Waals surface area contributed by atoms with Gasteiger partial charge >= 0.3 is 5.69 Å². The first-order valence-corrected chi connectivity index (χ1v) is 9.60. The maximum atomic E-state index is 12.6. The Morgan fingerprint density at radius 3 is 2.41 bits per heavy atom.